The van der Waals surface area contributed by atoms with Crippen molar-refractivity contribution in [2.24, 2.45) is 5.92 Å². The molecule has 146 valence electrons. The van der Waals surface area contributed by atoms with Crippen molar-refractivity contribution >= 4 is 23.4 Å². The van der Waals surface area contributed by atoms with E-state index in [1.165, 1.54) is 17.8 Å². The summed E-state index contributed by atoms with van der Waals surface area (Å²) in [5.74, 6) is -0.191. The molecule has 0 unspecified atom stereocenters. The second-order valence-electron chi connectivity index (χ2n) is 7.46. The maximum absolute atomic E-state index is 13.1. The molecule has 1 aliphatic heterocycles. The maximum Gasteiger partial charge on any atom is 0.416 e. The molecular formula is C19H22F3N3OS. The lowest BCUT2D eigenvalue weighted by atomic mass is 9.98. The molecule has 3 rings (SSSR count). The van der Waals surface area contributed by atoms with E-state index in [1.54, 1.807) is 11.8 Å². The van der Waals surface area contributed by atoms with E-state index in [-0.39, 0.29) is 23.6 Å². The van der Waals surface area contributed by atoms with Gasteiger partial charge in [-0.15, -0.1) is 11.8 Å². The van der Waals surface area contributed by atoms with Gasteiger partial charge in [-0.3, -0.25) is 4.79 Å². The second kappa shape index (κ2) is 7.27. The van der Waals surface area contributed by atoms with Gasteiger partial charge in [-0.2, -0.15) is 18.4 Å². The minimum Gasteiger partial charge on any atom is -0.361 e. The molecular weight excluding hydrogens is 375 g/mol. The molecule has 0 aromatic heterocycles. The average molecular weight is 397 g/mol. The van der Waals surface area contributed by atoms with E-state index in [2.05, 4.69) is 11.4 Å². The zero-order valence-electron chi connectivity index (χ0n) is 15.3. The lowest BCUT2D eigenvalue weighted by Crippen LogP contribution is -2.50. The van der Waals surface area contributed by atoms with Gasteiger partial charge in [-0.05, 0) is 50.3 Å². The Morgan fingerprint density at radius 3 is 2.67 bits per heavy atom. The standard InChI is InChI=1S/C19H22F3N3OS/c1-12-7-8-25(10-17(26)24-18(2,11-23)13-3-4-13)15-9-14(19(20,21)22)5-6-16(15)27-12/h5-6,9,12-13H,3-4,7-8,10H2,1-2H3,(H,24,26)/t12-,18+/m0/s1. The summed E-state index contributed by atoms with van der Waals surface area (Å²) >= 11 is 1.52. The summed E-state index contributed by atoms with van der Waals surface area (Å²) in [5.41, 5.74) is -1.21. The molecule has 0 saturated heterocycles. The smallest absolute Gasteiger partial charge is 0.361 e. The third-order valence-corrected chi connectivity index (χ3v) is 6.36. The Kier molecular flexibility index (Phi) is 5.35. The Bertz CT molecular complexity index is 772. The Morgan fingerprint density at radius 2 is 2.07 bits per heavy atom. The van der Waals surface area contributed by atoms with Gasteiger partial charge in [0.25, 0.3) is 0 Å². The van der Waals surface area contributed by atoms with Gasteiger partial charge in [0.1, 0.15) is 5.54 Å². The Balaban J connectivity index is 1.83. The Labute approximate surface area is 161 Å². The zero-order chi connectivity index (χ0) is 19.8. The molecule has 0 spiro atoms. The van der Waals surface area contributed by atoms with Crippen LogP contribution in [-0.2, 0) is 11.0 Å². The SMILES string of the molecule is C[C@H]1CCN(CC(=O)N[C@](C)(C#N)C2CC2)c2cc(C(F)(F)F)ccc2S1. The molecule has 1 fully saturated rings. The molecule has 1 aromatic carbocycles. The first-order valence-electron chi connectivity index (χ1n) is 8.97. The number of fused-ring (bicyclic) bond motifs is 1. The molecule has 1 amide bonds. The molecule has 1 aliphatic carbocycles. The highest BCUT2D eigenvalue weighted by Gasteiger charge is 2.43. The third-order valence-electron chi connectivity index (χ3n) is 5.12. The number of halogens is 3. The van der Waals surface area contributed by atoms with Gasteiger partial charge in [0.2, 0.25) is 5.91 Å². The minimum absolute atomic E-state index is 0.0639. The third kappa shape index (κ3) is 4.52. The molecule has 0 radical (unpaired) electrons. The van der Waals surface area contributed by atoms with Crippen LogP contribution in [0.3, 0.4) is 0 Å². The highest BCUT2D eigenvalue weighted by atomic mass is 32.2. The molecule has 2 atom stereocenters. The van der Waals surface area contributed by atoms with Crippen LogP contribution in [0.4, 0.5) is 18.9 Å². The van der Waals surface area contributed by atoms with Crippen LogP contribution >= 0.6 is 11.8 Å². The second-order valence-corrected chi connectivity index (χ2v) is 8.94. The van der Waals surface area contributed by atoms with E-state index >= 15 is 0 Å². The Morgan fingerprint density at radius 1 is 1.37 bits per heavy atom. The van der Waals surface area contributed by atoms with Gasteiger partial charge in [-0.1, -0.05) is 6.92 Å². The van der Waals surface area contributed by atoms with Crippen LogP contribution in [0.2, 0.25) is 0 Å². The lowest BCUT2D eigenvalue weighted by molar-refractivity contribution is -0.137. The number of alkyl halides is 3. The number of nitrogens with one attached hydrogen (secondary N) is 1. The summed E-state index contributed by atoms with van der Waals surface area (Å²) in [6.07, 6.45) is -1.87. The number of rotatable bonds is 4. The number of benzene rings is 1. The molecule has 1 N–H and O–H groups in total. The molecule has 0 bridgehead atoms. The number of nitriles is 1. The number of hydrogen-bond donors (Lipinski definition) is 1. The van der Waals surface area contributed by atoms with Crippen molar-refractivity contribution in [2.75, 3.05) is 18.0 Å². The first kappa shape index (κ1) is 19.9. The normalized spacial score (nSPS) is 22.2. The van der Waals surface area contributed by atoms with Gasteiger partial charge < -0.3 is 10.2 Å². The van der Waals surface area contributed by atoms with Crippen molar-refractivity contribution in [1.29, 1.82) is 5.26 Å². The largest absolute Gasteiger partial charge is 0.416 e. The molecule has 1 heterocycles. The van der Waals surface area contributed by atoms with Gasteiger partial charge >= 0.3 is 6.18 Å². The highest BCUT2D eigenvalue weighted by molar-refractivity contribution is 8.00. The Hall–Kier alpha value is -1.88. The van der Waals surface area contributed by atoms with Gasteiger partial charge in [0.15, 0.2) is 0 Å². The minimum atomic E-state index is -4.43. The number of carbonyl (C=O) groups is 1. The number of anilines is 1. The quantitative estimate of drug-likeness (QED) is 0.827. The van der Waals surface area contributed by atoms with Crippen LogP contribution in [-0.4, -0.2) is 29.8 Å². The summed E-state index contributed by atoms with van der Waals surface area (Å²) in [5, 5.41) is 12.4. The van der Waals surface area contributed by atoms with E-state index in [4.69, 9.17) is 0 Å². The summed E-state index contributed by atoms with van der Waals surface area (Å²) < 4.78 is 39.4. The number of nitrogens with zero attached hydrogens (tertiary/aromatic N) is 2. The molecule has 27 heavy (non-hydrogen) atoms. The van der Waals surface area contributed by atoms with Gasteiger partial charge in [-0.25, -0.2) is 0 Å². The van der Waals surface area contributed by atoms with Crippen LogP contribution in [0.15, 0.2) is 23.1 Å². The first-order chi connectivity index (χ1) is 12.6. The van der Waals surface area contributed by atoms with Crippen molar-refractivity contribution in [3.05, 3.63) is 23.8 Å². The van der Waals surface area contributed by atoms with Crippen LogP contribution in [0, 0.1) is 17.2 Å². The van der Waals surface area contributed by atoms with Crippen molar-refractivity contribution in [3.63, 3.8) is 0 Å². The van der Waals surface area contributed by atoms with Crippen molar-refractivity contribution in [2.45, 2.75) is 55.0 Å². The van der Waals surface area contributed by atoms with Gasteiger partial charge in [0.05, 0.1) is 23.9 Å². The fourth-order valence-corrected chi connectivity index (χ4v) is 4.44. The predicted molar refractivity (Wildman–Crippen MR) is 98.5 cm³/mol. The van der Waals surface area contributed by atoms with E-state index < -0.39 is 17.3 Å². The van der Waals surface area contributed by atoms with E-state index in [1.807, 2.05) is 6.92 Å². The van der Waals surface area contributed by atoms with E-state index in [9.17, 15) is 23.2 Å². The molecule has 1 saturated carbocycles. The molecule has 1 aromatic rings. The molecule has 4 nitrogen and oxygen atoms in total. The maximum atomic E-state index is 13.1. The van der Waals surface area contributed by atoms with Gasteiger partial charge in [0, 0.05) is 16.7 Å². The molecule has 2 aliphatic rings. The predicted octanol–water partition coefficient (Wildman–Crippen LogP) is 4.20. The van der Waals surface area contributed by atoms with Crippen molar-refractivity contribution in [1.82, 2.24) is 5.32 Å². The van der Waals surface area contributed by atoms with Crippen LogP contribution in [0.25, 0.3) is 0 Å². The summed E-state index contributed by atoms with van der Waals surface area (Å²) in [4.78, 5) is 15.0. The topological polar surface area (TPSA) is 56.1 Å². The summed E-state index contributed by atoms with van der Waals surface area (Å²) in [6.45, 7) is 4.16. The highest BCUT2D eigenvalue weighted by Crippen LogP contribution is 2.41. The summed E-state index contributed by atoms with van der Waals surface area (Å²) in [7, 11) is 0. The number of carbonyl (C=O) groups excluding carboxylic acids is 1. The first-order valence-corrected chi connectivity index (χ1v) is 9.85. The number of amides is 1. The number of hydrogen-bond acceptors (Lipinski definition) is 4. The molecule has 8 heteroatoms. The van der Waals surface area contributed by atoms with E-state index in [0.717, 1.165) is 36.3 Å². The monoisotopic (exact) mass is 397 g/mol. The van der Waals surface area contributed by atoms with Crippen molar-refractivity contribution < 1.29 is 18.0 Å². The average Bonchev–Trinajstić information content (AvgIpc) is 3.43. The van der Waals surface area contributed by atoms with Crippen LogP contribution < -0.4 is 10.2 Å². The zero-order valence-corrected chi connectivity index (χ0v) is 16.1. The van der Waals surface area contributed by atoms with Crippen molar-refractivity contribution in [3.8, 4) is 6.07 Å². The fraction of sp³-hybridized carbons (Fsp3) is 0.579. The van der Waals surface area contributed by atoms with Crippen LogP contribution in [0.1, 0.15) is 38.7 Å². The van der Waals surface area contributed by atoms with E-state index in [0.29, 0.717) is 12.2 Å². The fourth-order valence-electron chi connectivity index (χ4n) is 3.32. The van der Waals surface area contributed by atoms with Crippen LogP contribution in [0.5, 0.6) is 0 Å². The lowest BCUT2D eigenvalue weighted by Gasteiger charge is -2.28. The number of thioether (sulfide) groups is 1. The summed E-state index contributed by atoms with van der Waals surface area (Å²) in [6, 6.07) is 5.87.